The summed E-state index contributed by atoms with van der Waals surface area (Å²) in [6.07, 6.45) is -0.438. The van der Waals surface area contributed by atoms with Gasteiger partial charge in [-0.15, -0.1) is 0 Å². The lowest BCUT2D eigenvalue weighted by Crippen LogP contribution is -2.44. The van der Waals surface area contributed by atoms with Crippen molar-refractivity contribution in [1.29, 1.82) is 0 Å². The molecule has 1 aliphatic rings. The minimum absolute atomic E-state index is 0.288. The zero-order valence-electron chi connectivity index (χ0n) is 14.8. The molecule has 0 aromatic heterocycles. The molecule has 0 saturated heterocycles. The van der Waals surface area contributed by atoms with Crippen molar-refractivity contribution >= 4 is 23.3 Å². The minimum Gasteiger partial charge on any atom is -0.494 e. The number of nitrogens with zero attached hydrogens (tertiary/aromatic N) is 1. The van der Waals surface area contributed by atoms with Gasteiger partial charge in [0.1, 0.15) is 12.3 Å². The van der Waals surface area contributed by atoms with Gasteiger partial charge >= 0.3 is 0 Å². The van der Waals surface area contributed by atoms with Crippen molar-refractivity contribution in [2.75, 3.05) is 18.1 Å². The number of ether oxygens (including phenoxy) is 1. The lowest BCUT2D eigenvalue weighted by Gasteiger charge is -2.22. The van der Waals surface area contributed by atoms with Crippen LogP contribution in [-0.4, -0.2) is 35.9 Å². The lowest BCUT2D eigenvalue weighted by molar-refractivity contribution is -0.136. The van der Waals surface area contributed by atoms with Crippen molar-refractivity contribution in [3.8, 4) is 5.75 Å². The first-order chi connectivity index (χ1) is 12.9. The first kappa shape index (κ1) is 18.6. The Morgan fingerprint density at radius 2 is 1.81 bits per heavy atom. The molecule has 7 heteroatoms. The fourth-order valence-corrected chi connectivity index (χ4v) is 3.23. The van der Waals surface area contributed by atoms with Crippen molar-refractivity contribution < 1.29 is 24.2 Å². The van der Waals surface area contributed by atoms with Gasteiger partial charge in [0.05, 0.1) is 18.7 Å². The maximum atomic E-state index is 12.8. The van der Waals surface area contributed by atoms with E-state index in [4.69, 9.17) is 10.5 Å². The molecule has 140 valence electrons. The molecule has 0 aliphatic carbocycles. The van der Waals surface area contributed by atoms with Crippen LogP contribution in [0.4, 0.5) is 5.69 Å². The van der Waals surface area contributed by atoms with Crippen LogP contribution in [0.15, 0.2) is 48.5 Å². The highest BCUT2D eigenvalue weighted by Crippen LogP contribution is 2.42. The minimum atomic E-state index is -2.04. The molecule has 3 N–H and O–H groups in total. The number of benzene rings is 2. The molecule has 7 nitrogen and oxygen atoms in total. The Morgan fingerprint density at radius 3 is 2.44 bits per heavy atom. The van der Waals surface area contributed by atoms with E-state index in [0.29, 0.717) is 23.6 Å². The Morgan fingerprint density at radius 1 is 1.15 bits per heavy atom. The second-order valence-corrected chi connectivity index (χ2v) is 6.29. The van der Waals surface area contributed by atoms with Gasteiger partial charge in [-0.2, -0.15) is 0 Å². The summed E-state index contributed by atoms with van der Waals surface area (Å²) in [6, 6.07) is 13.0. The Labute approximate surface area is 156 Å². The summed E-state index contributed by atoms with van der Waals surface area (Å²) in [5.74, 6) is -1.21. The SMILES string of the molecule is CCOc1ccc(C(=O)CC2(O)C(=O)N(CC(N)=O)c3ccccc32)cc1. The number of primary amides is 1. The first-order valence-electron chi connectivity index (χ1n) is 8.55. The highest BCUT2D eigenvalue weighted by Gasteiger charge is 2.51. The fraction of sp³-hybridized carbons (Fsp3) is 0.250. The number of para-hydroxylation sites is 1. The van der Waals surface area contributed by atoms with E-state index in [0.717, 1.165) is 4.90 Å². The average Bonchev–Trinajstić information content (AvgIpc) is 2.84. The van der Waals surface area contributed by atoms with E-state index in [2.05, 4.69) is 0 Å². The number of nitrogens with two attached hydrogens (primary N) is 1. The third-order valence-electron chi connectivity index (χ3n) is 4.46. The van der Waals surface area contributed by atoms with Gasteiger partial charge in [0.25, 0.3) is 5.91 Å². The summed E-state index contributed by atoms with van der Waals surface area (Å²) in [5, 5.41) is 11.1. The third kappa shape index (κ3) is 3.41. The number of Topliss-reactive ketones (excluding diaryl/α,β-unsaturated/α-hetero) is 1. The van der Waals surface area contributed by atoms with E-state index in [1.54, 1.807) is 48.5 Å². The van der Waals surface area contributed by atoms with Crippen LogP contribution in [0.1, 0.15) is 29.3 Å². The Hall–Kier alpha value is -3.19. The van der Waals surface area contributed by atoms with Gasteiger partial charge in [0, 0.05) is 11.1 Å². The van der Waals surface area contributed by atoms with Crippen LogP contribution in [0.25, 0.3) is 0 Å². The number of amides is 2. The molecule has 2 amide bonds. The number of rotatable bonds is 7. The maximum absolute atomic E-state index is 12.8. The third-order valence-corrected chi connectivity index (χ3v) is 4.46. The van der Waals surface area contributed by atoms with E-state index >= 15 is 0 Å². The number of fused-ring (bicyclic) bond motifs is 1. The smallest absolute Gasteiger partial charge is 0.264 e. The van der Waals surface area contributed by atoms with E-state index in [1.807, 2.05) is 6.92 Å². The molecule has 1 aliphatic heterocycles. The normalized spacial score (nSPS) is 18.3. The molecule has 1 atom stereocenters. The Kier molecular flexibility index (Phi) is 4.96. The molecule has 3 rings (SSSR count). The quantitative estimate of drug-likeness (QED) is 0.718. The van der Waals surface area contributed by atoms with Crippen molar-refractivity contribution in [2.24, 2.45) is 5.73 Å². The molecule has 0 bridgehead atoms. The standard InChI is InChI=1S/C20H20N2O5/c1-2-27-14-9-7-13(8-10-14)17(23)11-20(26)15-5-3-4-6-16(15)22(19(20)25)12-18(21)24/h3-10,26H,2,11-12H2,1H3,(H2,21,24). The van der Waals surface area contributed by atoms with Crippen LogP contribution in [0.5, 0.6) is 5.75 Å². The Bertz CT molecular complexity index is 894. The van der Waals surface area contributed by atoms with Crippen molar-refractivity contribution in [1.82, 2.24) is 0 Å². The van der Waals surface area contributed by atoms with Gasteiger partial charge in [0.2, 0.25) is 5.91 Å². The Balaban J connectivity index is 1.89. The molecule has 0 saturated carbocycles. The van der Waals surface area contributed by atoms with Crippen LogP contribution in [0, 0.1) is 0 Å². The maximum Gasteiger partial charge on any atom is 0.264 e. The number of anilines is 1. The van der Waals surface area contributed by atoms with Gasteiger partial charge in [0.15, 0.2) is 11.4 Å². The molecule has 2 aromatic carbocycles. The highest BCUT2D eigenvalue weighted by atomic mass is 16.5. The highest BCUT2D eigenvalue weighted by molar-refractivity contribution is 6.12. The van der Waals surface area contributed by atoms with Crippen LogP contribution in [0.3, 0.4) is 0 Å². The fourth-order valence-electron chi connectivity index (χ4n) is 3.23. The van der Waals surface area contributed by atoms with Gasteiger partial charge in [-0.25, -0.2) is 0 Å². The van der Waals surface area contributed by atoms with Gasteiger partial charge < -0.3 is 15.6 Å². The zero-order valence-corrected chi connectivity index (χ0v) is 14.8. The van der Waals surface area contributed by atoms with Gasteiger partial charge in [-0.05, 0) is 37.3 Å². The molecule has 1 unspecified atom stereocenters. The number of hydrogen-bond acceptors (Lipinski definition) is 5. The van der Waals surface area contributed by atoms with E-state index in [-0.39, 0.29) is 12.1 Å². The second-order valence-electron chi connectivity index (χ2n) is 6.29. The van der Waals surface area contributed by atoms with E-state index < -0.39 is 29.6 Å². The van der Waals surface area contributed by atoms with Crippen molar-refractivity contribution in [3.05, 3.63) is 59.7 Å². The van der Waals surface area contributed by atoms with Crippen LogP contribution < -0.4 is 15.4 Å². The second kappa shape index (κ2) is 7.20. The van der Waals surface area contributed by atoms with Crippen LogP contribution >= 0.6 is 0 Å². The van der Waals surface area contributed by atoms with Crippen molar-refractivity contribution in [2.45, 2.75) is 18.9 Å². The molecular weight excluding hydrogens is 348 g/mol. The lowest BCUT2D eigenvalue weighted by atomic mass is 9.88. The molecule has 0 fully saturated rings. The summed E-state index contributed by atoms with van der Waals surface area (Å²) in [4.78, 5) is 38.0. The first-order valence-corrected chi connectivity index (χ1v) is 8.55. The number of ketones is 1. The summed E-state index contributed by atoms with van der Waals surface area (Å²) in [7, 11) is 0. The number of carbonyl (C=O) groups is 3. The summed E-state index contributed by atoms with van der Waals surface area (Å²) in [6.45, 7) is 2.00. The molecule has 0 radical (unpaired) electrons. The van der Waals surface area contributed by atoms with Gasteiger partial charge in [-0.1, -0.05) is 18.2 Å². The number of hydrogen-bond donors (Lipinski definition) is 2. The number of aliphatic hydroxyl groups is 1. The largest absolute Gasteiger partial charge is 0.494 e. The van der Waals surface area contributed by atoms with Gasteiger partial charge in [-0.3, -0.25) is 19.3 Å². The zero-order chi connectivity index (χ0) is 19.6. The molecule has 27 heavy (non-hydrogen) atoms. The van der Waals surface area contributed by atoms with Crippen LogP contribution in [-0.2, 0) is 15.2 Å². The predicted octanol–water partition coefficient (Wildman–Crippen LogP) is 1.38. The van der Waals surface area contributed by atoms with Crippen LogP contribution in [0.2, 0.25) is 0 Å². The molecular formula is C20H20N2O5. The average molecular weight is 368 g/mol. The predicted molar refractivity (Wildman–Crippen MR) is 98.4 cm³/mol. The number of carbonyl (C=O) groups excluding carboxylic acids is 3. The summed E-state index contributed by atoms with van der Waals surface area (Å²) < 4.78 is 5.34. The molecule has 1 heterocycles. The summed E-state index contributed by atoms with van der Waals surface area (Å²) >= 11 is 0. The molecule has 0 spiro atoms. The van der Waals surface area contributed by atoms with E-state index in [1.165, 1.54) is 0 Å². The van der Waals surface area contributed by atoms with E-state index in [9.17, 15) is 19.5 Å². The molecule has 2 aromatic rings. The summed E-state index contributed by atoms with van der Waals surface area (Å²) in [5.41, 5.74) is 4.20. The topological polar surface area (TPSA) is 110 Å². The van der Waals surface area contributed by atoms with Crippen molar-refractivity contribution in [3.63, 3.8) is 0 Å². The monoisotopic (exact) mass is 368 g/mol.